The Morgan fingerprint density at radius 2 is 0.660 bits per heavy atom. The Balaban J connectivity index is 0.000000156. The summed E-state index contributed by atoms with van der Waals surface area (Å²) in [7, 11) is 1.41. The van der Waals surface area contributed by atoms with E-state index in [1.54, 1.807) is 26.8 Å². The minimum absolute atomic E-state index is 0.00234. The third-order valence-corrected chi connectivity index (χ3v) is 12.9. The molecule has 0 unspecified atom stereocenters. The van der Waals surface area contributed by atoms with Gasteiger partial charge in [0.2, 0.25) is 47.3 Å². The zero-order chi connectivity index (χ0) is 72.4. The molecular weight excluding hydrogens is 1360 g/mol. The van der Waals surface area contributed by atoms with Gasteiger partial charge in [0.25, 0.3) is 0 Å². The molecule has 0 spiro atoms. The van der Waals surface area contributed by atoms with Gasteiger partial charge in [-0.25, -0.2) is 44.3 Å². The normalized spacial score (nSPS) is 11.6. The number of methoxy groups -OCH3 is 1. The highest BCUT2D eigenvalue weighted by Crippen LogP contribution is 2.40. The predicted octanol–water partition coefficient (Wildman–Crippen LogP) is 12.4. The molecule has 0 amide bonds. The van der Waals surface area contributed by atoms with Gasteiger partial charge in [-0.1, -0.05) is 12.1 Å². The zero-order valence-electron chi connectivity index (χ0n) is 52.0. The maximum Gasteiger partial charge on any atom is 0.573 e. The molecule has 0 radical (unpaired) electrons. The fourth-order valence-electron chi connectivity index (χ4n) is 8.69. The summed E-state index contributed by atoms with van der Waals surface area (Å²) in [5.41, 5.74) is 22.6. The molecule has 0 aliphatic rings. The Kier molecular flexibility index (Phi) is 21.6. The van der Waals surface area contributed by atoms with Crippen LogP contribution in [0.15, 0.2) is 110 Å². The number of hydrogen-bond donors (Lipinski definition) is 4. The number of nitrogens with zero attached hydrogens (tertiary/aromatic N) is 16. The molecule has 0 saturated carbocycles. The number of rotatable bonds is 14. The number of ether oxygens (including phenoxy) is 6. The summed E-state index contributed by atoms with van der Waals surface area (Å²) >= 11 is 0. The number of anilines is 4. The summed E-state index contributed by atoms with van der Waals surface area (Å²) in [4.78, 5) is 65.2. The Morgan fingerprint density at radius 1 is 0.350 bits per heavy atom. The number of nitrogens with two attached hydrogens (primary N) is 4. The van der Waals surface area contributed by atoms with Crippen LogP contribution in [0.2, 0.25) is 0 Å². The van der Waals surface area contributed by atoms with Crippen LogP contribution >= 0.6 is 0 Å². The summed E-state index contributed by atoms with van der Waals surface area (Å²) in [5.74, 6) is -0.211. The van der Waals surface area contributed by atoms with Gasteiger partial charge in [0.15, 0.2) is 56.2 Å². The van der Waals surface area contributed by atoms with E-state index in [9.17, 15) is 57.1 Å². The maximum atomic E-state index is 13.9. The van der Waals surface area contributed by atoms with Gasteiger partial charge in [-0.15, -0.1) is 13.2 Å². The largest absolute Gasteiger partial charge is 0.573 e. The summed E-state index contributed by atoms with van der Waals surface area (Å²) in [6.07, 6.45) is -13.7. The number of halogens is 13. The van der Waals surface area contributed by atoms with E-state index in [1.165, 1.54) is 74.2 Å². The lowest BCUT2D eigenvalue weighted by Crippen LogP contribution is -2.16. The number of nitrogen functional groups attached to an aromatic ring is 4. The first-order valence-electron chi connectivity index (χ1n) is 28.7. The second-order valence-electron chi connectivity index (χ2n) is 19.8. The Bertz CT molecular complexity index is 4880. The standard InChI is InChI=1S/C16H11F6N5O.C15H12F3N5O2.C15H12F3N5O.C15H14FN5O2/c1-2-28-13-11-12(26-14(23)27-13)24-6-10(25-11)7-3-8(15(17,18)19)5-9(4-7)16(20,21)22;1-2-24-13-11-12(22-14(19)23-13)20-7-10(21-11)8-3-5-9(6-4-8)25-15(16,17)18;1-2-24-13-11-12(22-14(19)23-13)20-7-10(21-11)8-3-5-9(6-4-8)15(16,17)18;1-3-23-14-12-13(20-15(17)21-14)18-7-10(19-12)8-4-5-11(22-2)9(16)6-8/h3-6H,2H2,1H3,(H2,23,24,26,27);3-7H,2H2,1H3,(H2,19,20,22,23);3-7H,2H2,1H3,(H2,19,20,22,23);4-7H,3H2,1-2H3,(H2,17,18,20,21). The maximum absolute atomic E-state index is 13.9. The summed E-state index contributed by atoms with van der Waals surface area (Å²) < 4.78 is 197. The van der Waals surface area contributed by atoms with Crippen LogP contribution < -0.4 is 51.4 Å². The van der Waals surface area contributed by atoms with E-state index in [4.69, 9.17) is 46.6 Å². The van der Waals surface area contributed by atoms with E-state index in [0.29, 0.717) is 87.9 Å². The van der Waals surface area contributed by atoms with Crippen LogP contribution in [-0.4, -0.2) is 120 Å². The van der Waals surface area contributed by atoms with Crippen molar-refractivity contribution in [2.24, 2.45) is 0 Å². The molecule has 100 heavy (non-hydrogen) atoms. The lowest BCUT2D eigenvalue weighted by molar-refractivity contribution is -0.274. The number of aromatic nitrogens is 16. The molecule has 12 rings (SSSR count). The number of fused-ring (bicyclic) bond motifs is 4. The molecule has 26 nitrogen and oxygen atoms in total. The highest BCUT2D eigenvalue weighted by atomic mass is 19.4. The average Bonchev–Trinajstić information content (AvgIpc) is 0.804. The van der Waals surface area contributed by atoms with Gasteiger partial charge < -0.3 is 51.4 Å². The van der Waals surface area contributed by atoms with Crippen molar-refractivity contribution in [1.29, 1.82) is 0 Å². The number of benzene rings is 4. The molecule has 0 aliphatic heterocycles. The molecule has 0 bridgehead atoms. The van der Waals surface area contributed by atoms with Gasteiger partial charge in [-0.05, 0) is 100 Å². The van der Waals surface area contributed by atoms with Crippen molar-refractivity contribution in [2.45, 2.75) is 52.6 Å². The van der Waals surface area contributed by atoms with E-state index in [0.717, 1.165) is 18.3 Å². The topological polar surface area (TPSA) is 366 Å². The second kappa shape index (κ2) is 30.0. The van der Waals surface area contributed by atoms with Crippen molar-refractivity contribution < 1.29 is 85.5 Å². The van der Waals surface area contributed by atoms with Crippen molar-refractivity contribution in [3.8, 4) is 80.0 Å². The zero-order valence-corrected chi connectivity index (χ0v) is 52.0. The van der Waals surface area contributed by atoms with E-state index in [-0.39, 0.29) is 99.6 Å². The third-order valence-electron chi connectivity index (χ3n) is 12.9. The first-order chi connectivity index (χ1) is 47.3. The van der Waals surface area contributed by atoms with E-state index in [1.807, 2.05) is 6.92 Å². The molecule has 8 aromatic heterocycles. The molecule has 0 saturated heterocycles. The van der Waals surface area contributed by atoms with Gasteiger partial charge in [0.05, 0.1) is 97.8 Å². The molecule has 0 aliphatic carbocycles. The molecule has 520 valence electrons. The first kappa shape index (κ1) is 71.9. The quantitative estimate of drug-likeness (QED) is 0.0735. The van der Waals surface area contributed by atoms with Gasteiger partial charge in [-0.2, -0.15) is 79.4 Å². The molecule has 39 heteroatoms. The highest BCUT2D eigenvalue weighted by Gasteiger charge is 2.38. The molecule has 12 aromatic rings. The Labute approximate surface area is 553 Å². The van der Waals surface area contributed by atoms with Crippen LogP contribution in [0.5, 0.6) is 35.0 Å². The minimum Gasteiger partial charge on any atom is -0.494 e. The van der Waals surface area contributed by atoms with Crippen molar-refractivity contribution in [2.75, 3.05) is 56.5 Å². The summed E-state index contributed by atoms with van der Waals surface area (Å²) in [6, 6.07) is 15.6. The summed E-state index contributed by atoms with van der Waals surface area (Å²) in [5, 5.41) is 0. The molecular formula is C61H49F13N20O6. The fraction of sp³-hybridized carbons (Fsp3) is 0.213. The molecule has 8 N–H and O–H groups in total. The number of alkyl halides is 12. The van der Waals surface area contributed by atoms with Crippen LogP contribution in [0, 0.1) is 5.82 Å². The Morgan fingerprint density at radius 3 is 0.960 bits per heavy atom. The van der Waals surface area contributed by atoms with Crippen molar-refractivity contribution in [1.82, 2.24) is 79.7 Å². The monoisotopic (exact) mass is 1400 g/mol. The van der Waals surface area contributed by atoms with E-state index in [2.05, 4.69) is 84.5 Å². The molecule has 0 fully saturated rings. The van der Waals surface area contributed by atoms with Gasteiger partial charge in [0.1, 0.15) is 5.75 Å². The highest BCUT2D eigenvalue weighted by molar-refractivity contribution is 5.82. The molecule has 4 aromatic carbocycles. The van der Waals surface area contributed by atoms with E-state index < -0.39 is 53.0 Å². The SMILES string of the molecule is CCOc1nc(N)nc2ncc(-c3cc(C(F)(F)F)cc(C(F)(F)F)c3)nc12.CCOc1nc(N)nc2ncc(-c3ccc(C(F)(F)F)cc3)nc12.CCOc1nc(N)nc2ncc(-c3ccc(OC(F)(F)F)cc3)nc12.CCOc1nc(N)nc2ncc(-c3ccc(OC)c(F)c3)nc12. The fourth-order valence-corrected chi connectivity index (χ4v) is 8.69. The number of hydrogen-bond acceptors (Lipinski definition) is 26. The second-order valence-corrected chi connectivity index (χ2v) is 19.8. The Hall–Kier alpha value is -12.4. The lowest BCUT2D eigenvalue weighted by Gasteiger charge is -2.14. The average molecular weight is 1410 g/mol. The van der Waals surface area contributed by atoms with Crippen LogP contribution in [0.4, 0.5) is 80.9 Å². The van der Waals surface area contributed by atoms with Crippen LogP contribution in [0.3, 0.4) is 0 Å². The van der Waals surface area contributed by atoms with Crippen molar-refractivity contribution in [3.05, 3.63) is 132 Å². The van der Waals surface area contributed by atoms with Crippen molar-refractivity contribution in [3.63, 3.8) is 0 Å². The summed E-state index contributed by atoms with van der Waals surface area (Å²) in [6.45, 7) is 8.27. The van der Waals surface area contributed by atoms with Gasteiger partial charge >= 0.3 is 24.9 Å². The van der Waals surface area contributed by atoms with Gasteiger partial charge in [-0.3, -0.25) is 0 Å². The van der Waals surface area contributed by atoms with Crippen molar-refractivity contribution >= 4 is 68.4 Å². The van der Waals surface area contributed by atoms with Crippen LogP contribution in [-0.2, 0) is 18.5 Å². The molecule has 0 atom stereocenters. The lowest BCUT2D eigenvalue weighted by atomic mass is 10.0. The predicted molar refractivity (Wildman–Crippen MR) is 333 cm³/mol. The minimum atomic E-state index is -4.98. The van der Waals surface area contributed by atoms with E-state index >= 15 is 0 Å². The van der Waals surface area contributed by atoms with Crippen LogP contribution in [0.1, 0.15) is 44.4 Å². The van der Waals surface area contributed by atoms with Gasteiger partial charge in [0, 0.05) is 22.3 Å². The first-order valence-corrected chi connectivity index (χ1v) is 28.7. The third kappa shape index (κ3) is 17.8. The smallest absolute Gasteiger partial charge is 0.494 e. The van der Waals surface area contributed by atoms with Crippen LogP contribution in [0.25, 0.3) is 89.7 Å². The molecule has 8 heterocycles.